The summed E-state index contributed by atoms with van der Waals surface area (Å²) in [5.74, 6) is -1.03. The predicted molar refractivity (Wildman–Crippen MR) is 239 cm³/mol. The van der Waals surface area contributed by atoms with Crippen LogP contribution in [0, 0.1) is 0 Å². The van der Waals surface area contributed by atoms with Gasteiger partial charge in [-0.05, 0) is 64.2 Å². The average molecular weight is 840 g/mol. The van der Waals surface area contributed by atoms with Crippen LogP contribution in [0.1, 0.15) is 200 Å². The highest BCUT2D eigenvalue weighted by molar-refractivity contribution is 7.47. The van der Waals surface area contributed by atoms with E-state index in [2.05, 4.69) is 38.2 Å². The van der Waals surface area contributed by atoms with Crippen LogP contribution < -0.4 is 5.73 Å². The first-order valence-corrected chi connectivity index (χ1v) is 24.7. The van der Waals surface area contributed by atoms with Gasteiger partial charge in [-0.2, -0.15) is 0 Å². The summed E-state index contributed by atoms with van der Waals surface area (Å²) in [6.07, 6.45) is 46.0. The molecule has 0 heterocycles. The van der Waals surface area contributed by atoms with Gasteiger partial charge in [0, 0.05) is 19.4 Å². The zero-order valence-electron chi connectivity index (χ0n) is 36.9. The molecule has 58 heavy (non-hydrogen) atoms. The Morgan fingerprint density at radius 1 is 0.603 bits per heavy atom. The zero-order valence-corrected chi connectivity index (χ0v) is 37.8. The van der Waals surface area contributed by atoms with Gasteiger partial charge in [-0.25, -0.2) is 4.57 Å². The average Bonchev–Trinajstić information content (AvgIpc) is 3.20. The third-order valence-electron chi connectivity index (χ3n) is 9.79. The van der Waals surface area contributed by atoms with Crippen LogP contribution in [0.4, 0.5) is 0 Å². The fourth-order valence-corrected chi connectivity index (χ4v) is 7.05. The SMILES string of the molecule is CCCCCCCC/C=C\CCCCCCCCCCCC(=O)OC[C@H](COP(=O)(O)OCCN)OC(=O)CCCC(O)/C=C/C=C/C/C=C/CCCCCCCC. The second kappa shape index (κ2) is 43.0. The van der Waals surface area contributed by atoms with Crippen molar-refractivity contribution in [2.24, 2.45) is 5.73 Å². The lowest BCUT2D eigenvalue weighted by atomic mass is 10.1. The molecule has 3 atom stereocenters. The van der Waals surface area contributed by atoms with E-state index in [0.29, 0.717) is 19.3 Å². The summed E-state index contributed by atoms with van der Waals surface area (Å²) in [6, 6.07) is 0. The number of nitrogens with two attached hydrogens (primary N) is 1. The Balaban J connectivity index is 4.28. The maximum Gasteiger partial charge on any atom is 0.472 e. The number of rotatable bonds is 43. The van der Waals surface area contributed by atoms with E-state index in [1.54, 1.807) is 12.2 Å². The summed E-state index contributed by atoms with van der Waals surface area (Å²) in [5.41, 5.74) is 5.34. The van der Waals surface area contributed by atoms with E-state index in [9.17, 15) is 24.2 Å². The molecular formula is C47H86NO9P. The van der Waals surface area contributed by atoms with Gasteiger partial charge in [0.25, 0.3) is 0 Å². The first-order chi connectivity index (χ1) is 28.2. The molecule has 0 amide bonds. The summed E-state index contributed by atoms with van der Waals surface area (Å²) in [5, 5.41) is 10.3. The van der Waals surface area contributed by atoms with Crippen molar-refractivity contribution in [2.75, 3.05) is 26.4 Å². The summed E-state index contributed by atoms with van der Waals surface area (Å²) in [4.78, 5) is 34.9. The van der Waals surface area contributed by atoms with Gasteiger partial charge >= 0.3 is 19.8 Å². The van der Waals surface area contributed by atoms with Gasteiger partial charge in [0.1, 0.15) is 6.61 Å². The summed E-state index contributed by atoms with van der Waals surface area (Å²) in [6.45, 7) is 3.51. The van der Waals surface area contributed by atoms with E-state index >= 15 is 0 Å². The lowest BCUT2D eigenvalue weighted by Crippen LogP contribution is -2.29. The number of phosphoric acid groups is 1. The molecule has 0 aromatic carbocycles. The van der Waals surface area contributed by atoms with Crippen molar-refractivity contribution < 1.29 is 42.7 Å². The van der Waals surface area contributed by atoms with Crippen molar-refractivity contribution in [2.45, 2.75) is 212 Å². The molecule has 4 N–H and O–H groups in total. The van der Waals surface area contributed by atoms with E-state index in [1.807, 2.05) is 12.2 Å². The van der Waals surface area contributed by atoms with E-state index in [4.69, 9.17) is 24.3 Å². The van der Waals surface area contributed by atoms with Crippen molar-refractivity contribution in [3.05, 3.63) is 48.6 Å². The Hall–Kier alpha value is -2.07. The van der Waals surface area contributed by atoms with Gasteiger partial charge in [0.15, 0.2) is 6.10 Å². The maximum absolute atomic E-state index is 12.6. The van der Waals surface area contributed by atoms with Gasteiger partial charge < -0.3 is 25.2 Å². The molecule has 0 bridgehead atoms. The number of aliphatic hydroxyl groups is 1. The van der Waals surface area contributed by atoms with Crippen molar-refractivity contribution >= 4 is 19.8 Å². The minimum Gasteiger partial charge on any atom is -0.462 e. The van der Waals surface area contributed by atoms with Crippen molar-refractivity contribution in [3.8, 4) is 0 Å². The molecule has 0 aromatic heterocycles. The molecular weight excluding hydrogens is 753 g/mol. The molecule has 0 radical (unpaired) electrons. The van der Waals surface area contributed by atoms with Crippen molar-refractivity contribution in [1.29, 1.82) is 0 Å². The number of esters is 2. The highest BCUT2D eigenvalue weighted by Crippen LogP contribution is 2.43. The minimum atomic E-state index is -4.43. The molecule has 0 aromatic rings. The predicted octanol–water partition coefficient (Wildman–Crippen LogP) is 12.5. The Morgan fingerprint density at radius 2 is 1.10 bits per heavy atom. The smallest absolute Gasteiger partial charge is 0.462 e. The first kappa shape index (κ1) is 55.9. The Labute approximate surface area is 354 Å². The van der Waals surface area contributed by atoms with Crippen LogP contribution in [-0.2, 0) is 32.7 Å². The number of hydrogen-bond donors (Lipinski definition) is 3. The molecule has 0 fully saturated rings. The molecule has 2 unspecified atom stereocenters. The molecule has 0 saturated heterocycles. The van der Waals surface area contributed by atoms with Crippen LogP contribution in [0.25, 0.3) is 0 Å². The van der Waals surface area contributed by atoms with Gasteiger partial charge in [0.2, 0.25) is 0 Å². The zero-order chi connectivity index (χ0) is 42.6. The molecule has 11 heteroatoms. The van der Waals surface area contributed by atoms with E-state index in [0.717, 1.165) is 32.1 Å². The second-order valence-corrected chi connectivity index (χ2v) is 16.9. The summed E-state index contributed by atoms with van der Waals surface area (Å²) >= 11 is 0. The largest absolute Gasteiger partial charge is 0.472 e. The number of carbonyl (C=O) groups excluding carboxylic acids is 2. The summed E-state index contributed by atoms with van der Waals surface area (Å²) in [7, 11) is -4.43. The number of phosphoric ester groups is 1. The quantitative estimate of drug-likeness (QED) is 0.0178. The molecule has 0 aliphatic carbocycles. The Morgan fingerprint density at radius 3 is 1.66 bits per heavy atom. The van der Waals surface area contributed by atoms with Crippen LogP contribution >= 0.6 is 7.82 Å². The molecule has 10 nitrogen and oxygen atoms in total. The first-order valence-electron chi connectivity index (χ1n) is 23.2. The van der Waals surface area contributed by atoms with Crippen molar-refractivity contribution in [3.63, 3.8) is 0 Å². The monoisotopic (exact) mass is 840 g/mol. The third-order valence-corrected chi connectivity index (χ3v) is 10.8. The number of carbonyl (C=O) groups is 2. The van der Waals surface area contributed by atoms with Crippen LogP contribution in [0.3, 0.4) is 0 Å². The number of ether oxygens (including phenoxy) is 2. The highest BCUT2D eigenvalue weighted by Gasteiger charge is 2.26. The minimum absolute atomic E-state index is 0.00570. The number of allylic oxidation sites excluding steroid dienone is 7. The van der Waals surface area contributed by atoms with Gasteiger partial charge in [-0.15, -0.1) is 0 Å². The topological polar surface area (TPSA) is 155 Å². The van der Waals surface area contributed by atoms with E-state index in [-0.39, 0.29) is 32.6 Å². The fourth-order valence-electron chi connectivity index (χ4n) is 6.29. The fraction of sp³-hybridized carbons (Fsp3) is 0.787. The van der Waals surface area contributed by atoms with Crippen LogP contribution in [0.15, 0.2) is 48.6 Å². The molecule has 0 saturated carbocycles. The summed E-state index contributed by atoms with van der Waals surface area (Å²) < 4.78 is 32.7. The molecule has 0 rings (SSSR count). The van der Waals surface area contributed by atoms with Gasteiger partial charge in [-0.1, -0.05) is 172 Å². The van der Waals surface area contributed by atoms with Crippen LogP contribution in [-0.4, -0.2) is 60.5 Å². The third kappa shape index (κ3) is 42.1. The van der Waals surface area contributed by atoms with Crippen LogP contribution in [0.5, 0.6) is 0 Å². The lowest BCUT2D eigenvalue weighted by molar-refractivity contribution is -0.161. The van der Waals surface area contributed by atoms with Gasteiger partial charge in [-0.3, -0.25) is 18.6 Å². The molecule has 0 aliphatic rings. The maximum atomic E-state index is 12.6. The molecule has 0 spiro atoms. The Kier molecular flexibility index (Phi) is 41.5. The number of unbranched alkanes of at least 4 members (excludes halogenated alkanes) is 21. The van der Waals surface area contributed by atoms with E-state index < -0.39 is 38.6 Å². The van der Waals surface area contributed by atoms with E-state index in [1.165, 1.54) is 122 Å². The number of hydrogen-bond acceptors (Lipinski definition) is 9. The van der Waals surface area contributed by atoms with Crippen molar-refractivity contribution in [1.82, 2.24) is 0 Å². The normalized spacial score (nSPS) is 14.2. The Bertz CT molecular complexity index is 1110. The lowest BCUT2D eigenvalue weighted by Gasteiger charge is -2.20. The number of aliphatic hydroxyl groups excluding tert-OH is 1. The van der Waals surface area contributed by atoms with Gasteiger partial charge in [0.05, 0.1) is 19.3 Å². The standard InChI is InChI=1S/C47H86NO9P/c1-3-5-7-9-11-13-15-17-18-19-20-21-22-24-26-28-30-32-34-38-46(50)54-42-45(43-56-58(52,53)55-41-40-48)57-47(51)39-35-37-44(49)36-33-31-29-27-25-23-16-14-12-10-8-6-4-2/h17-18,23,25,29,31,33,36,44-45,49H,3-16,19-22,24,26-28,30,32,34-35,37-43,48H2,1-2H3,(H,52,53)/b18-17-,25-23+,31-29+,36-33+/t44?,45-/m1/s1. The van der Waals surface area contributed by atoms with Crippen LogP contribution in [0.2, 0.25) is 0 Å². The highest BCUT2D eigenvalue weighted by atomic mass is 31.2. The molecule has 338 valence electrons. The second-order valence-electron chi connectivity index (χ2n) is 15.5. The molecule has 0 aliphatic heterocycles.